The van der Waals surface area contributed by atoms with Gasteiger partial charge in [0.15, 0.2) is 0 Å². The van der Waals surface area contributed by atoms with Crippen molar-refractivity contribution >= 4 is 0 Å². The van der Waals surface area contributed by atoms with Crippen LogP contribution in [-0.4, -0.2) is 23.9 Å². The monoisotopic (exact) mass is 170 g/mol. The molecule has 12 heavy (non-hydrogen) atoms. The molecule has 0 saturated heterocycles. The van der Waals surface area contributed by atoms with Crippen LogP contribution in [0.25, 0.3) is 0 Å². The van der Waals surface area contributed by atoms with Gasteiger partial charge in [0, 0.05) is 13.5 Å². The van der Waals surface area contributed by atoms with Crippen molar-refractivity contribution in [2.75, 3.05) is 7.11 Å². The quantitative estimate of drug-likeness (QED) is 0.635. The Morgan fingerprint density at radius 1 is 1.67 bits per heavy atom. The first-order valence-corrected chi connectivity index (χ1v) is 4.27. The molecule has 2 nitrogen and oxygen atoms in total. The molecular formula is C10H18O2. The van der Waals surface area contributed by atoms with E-state index in [1.54, 1.807) is 7.11 Å². The van der Waals surface area contributed by atoms with E-state index in [4.69, 9.17) is 11.2 Å². The topological polar surface area (TPSA) is 29.5 Å². The number of hydrogen-bond acceptors (Lipinski definition) is 2. The first-order valence-electron chi connectivity index (χ1n) is 4.27. The summed E-state index contributed by atoms with van der Waals surface area (Å²) >= 11 is 0. The molecular weight excluding hydrogens is 152 g/mol. The lowest BCUT2D eigenvalue weighted by atomic mass is 9.92. The van der Waals surface area contributed by atoms with E-state index in [0.29, 0.717) is 12.8 Å². The van der Waals surface area contributed by atoms with Crippen LogP contribution in [0.1, 0.15) is 33.1 Å². The molecule has 0 radical (unpaired) electrons. The van der Waals surface area contributed by atoms with E-state index in [2.05, 4.69) is 5.92 Å². The smallest absolute Gasteiger partial charge is 0.0906 e. The maximum atomic E-state index is 9.68. The van der Waals surface area contributed by atoms with Crippen LogP contribution < -0.4 is 0 Å². The second kappa shape index (κ2) is 5.18. The van der Waals surface area contributed by atoms with Gasteiger partial charge in [0.25, 0.3) is 0 Å². The molecule has 0 bridgehead atoms. The average molecular weight is 170 g/mol. The summed E-state index contributed by atoms with van der Waals surface area (Å²) in [5.74, 6) is 2.50. The van der Waals surface area contributed by atoms with Crippen molar-refractivity contribution in [3.8, 4) is 12.3 Å². The van der Waals surface area contributed by atoms with Gasteiger partial charge in [-0.2, -0.15) is 0 Å². The Labute approximate surface area is 74.9 Å². The molecule has 0 fully saturated rings. The number of methoxy groups -OCH3 is 1. The van der Waals surface area contributed by atoms with Gasteiger partial charge >= 0.3 is 0 Å². The maximum Gasteiger partial charge on any atom is 0.0906 e. The summed E-state index contributed by atoms with van der Waals surface area (Å²) in [7, 11) is 1.61. The standard InChI is InChI=1S/C10H18O2/c1-5-7-8-9(11)10(3,6-2)12-4/h1,9,11H,6-8H2,2-4H3. The maximum absolute atomic E-state index is 9.68. The van der Waals surface area contributed by atoms with Crippen LogP contribution in [0.5, 0.6) is 0 Å². The highest BCUT2D eigenvalue weighted by Crippen LogP contribution is 2.21. The van der Waals surface area contributed by atoms with E-state index in [1.165, 1.54) is 0 Å². The Bertz CT molecular complexity index is 154. The van der Waals surface area contributed by atoms with Crippen molar-refractivity contribution in [2.24, 2.45) is 0 Å². The summed E-state index contributed by atoms with van der Waals surface area (Å²) in [6.45, 7) is 3.89. The molecule has 0 spiro atoms. The number of aliphatic hydroxyl groups excluding tert-OH is 1. The molecule has 0 rings (SSSR count). The van der Waals surface area contributed by atoms with E-state index in [1.807, 2.05) is 13.8 Å². The second-order valence-electron chi connectivity index (χ2n) is 3.13. The molecule has 0 aromatic heterocycles. The van der Waals surface area contributed by atoms with Crippen LogP contribution in [0.4, 0.5) is 0 Å². The van der Waals surface area contributed by atoms with Crippen molar-refractivity contribution in [1.29, 1.82) is 0 Å². The second-order valence-corrected chi connectivity index (χ2v) is 3.13. The number of ether oxygens (including phenoxy) is 1. The van der Waals surface area contributed by atoms with Crippen LogP contribution in [-0.2, 0) is 4.74 Å². The highest BCUT2D eigenvalue weighted by atomic mass is 16.5. The van der Waals surface area contributed by atoms with Crippen LogP contribution in [0.3, 0.4) is 0 Å². The van der Waals surface area contributed by atoms with Crippen LogP contribution in [0, 0.1) is 12.3 Å². The minimum absolute atomic E-state index is 0.448. The lowest BCUT2D eigenvalue weighted by molar-refractivity contribution is -0.0941. The van der Waals surface area contributed by atoms with Crippen LogP contribution in [0.15, 0.2) is 0 Å². The molecule has 1 N–H and O–H groups in total. The van der Waals surface area contributed by atoms with E-state index in [0.717, 1.165) is 6.42 Å². The summed E-state index contributed by atoms with van der Waals surface area (Å²) < 4.78 is 5.23. The zero-order valence-electron chi connectivity index (χ0n) is 8.13. The third kappa shape index (κ3) is 2.84. The van der Waals surface area contributed by atoms with Gasteiger partial charge in [0.1, 0.15) is 0 Å². The van der Waals surface area contributed by atoms with Gasteiger partial charge in [-0.1, -0.05) is 6.92 Å². The molecule has 0 aromatic carbocycles. The third-order valence-corrected chi connectivity index (χ3v) is 2.44. The van der Waals surface area contributed by atoms with E-state index < -0.39 is 11.7 Å². The lowest BCUT2D eigenvalue weighted by Crippen LogP contribution is -2.40. The first kappa shape index (κ1) is 11.5. The highest BCUT2D eigenvalue weighted by molar-refractivity contribution is 4.89. The molecule has 0 amide bonds. The third-order valence-electron chi connectivity index (χ3n) is 2.44. The van der Waals surface area contributed by atoms with Crippen molar-refractivity contribution in [2.45, 2.75) is 44.8 Å². The summed E-state index contributed by atoms with van der Waals surface area (Å²) in [6, 6.07) is 0. The van der Waals surface area contributed by atoms with Gasteiger partial charge in [-0.15, -0.1) is 12.3 Å². The minimum atomic E-state index is -0.469. The molecule has 0 aliphatic carbocycles. The number of rotatable bonds is 5. The fourth-order valence-electron chi connectivity index (χ4n) is 1.04. The van der Waals surface area contributed by atoms with E-state index >= 15 is 0 Å². The molecule has 2 heteroatoms. The Morgan fingerprint density at radius 3 is 2.58 bits per heavy atom. The average Bonchev–Trinajstić information content (AvgIpc) is 2.12. The van der Waals surface area contributed by atoms with E-state index in [9.17, 15) is 5.11 Å². The van der Waals surface area contributed by atoms with Crippen molar-refractivity contribution in [3.05, 3.63) is 0 Å². The van der Waals surface area contributed by atoms with Crippen LogP contribution >= 0.6 is 0 Å². The molecule has 2 unspecified atom stereocenters. The summed E-state index contributed by atoms with van der Waals surface area (Å²) in [5, 5.41) is 9.68. The largest absolute Gasteiger partial charge is 0.390 e. The number of aliphatic hydroxyl groups is 1. The van der Waals surface area contributed by atoms with Gasteiger partial charge in [-0.3, -0.25) is 0 Å². The Kier molecular flexibility index (Phi) is 4.96. The SMILES string of the molecule is C#CCCC(O)C(C)(CC)OC. The Hall–Kier alpha value is -0.520. The first-order chi connectivity index (χ1) is 5.60. The zero-order valence-corrected chi connectivity index (χ0v) is 8.13. The van der Waals surface area contributed by atoms with Gasteiger partial charge in [-0.05, 0) is 19.8 Å². The number of hydrogen-bond donors (Lipinski definition) is 1. The molecule has 0 aliphatic heterocycles. The van der Waals surface area contributed by atoms with Gasteiger partial charge < -0.3 is 9.84 Å². The van der Waals surface area contributed by atoms with Gasteiger partial charge in [0.05, 0.1) is 11.7 Å². The predicted octanol–water partition coefficient (Wildman–Crippen LogP) is 1.58. The van der Waals surface area contributed by atoms with Crippen molar-refractivity contribution < 1.29 is 9.84 Å². The number of terminal acetylenes is 1. The van der Waals surface area contributed by atoms with Gasteiger partial charge in [0.2, 0.25) is 0 Å². The minimum Gasteiger partial charge on any atom is -0.390 e. The van der Waals surface area contributed by atoms with Gasteiger partial charge in [-0.25, -0.2) is 0 Å². The Morgan fingerprint density at radius 2 is 2.25 bits per heavy atom. The summed E-state index contributed by atoms with van der Waals surface area (Å²) in [6.07, 6.45) is 6.62. The Balaban J connectivity index is 4.04. The molecule has 0 aliphatic rings. The molecule has 0 heterocycles. The van der Waals surface area contributed by atoms with E-state index in [-0.39, 0.29) is 0 Å². The highest BCUT2D eigenvalue weighted by Gasteiger charge is 2.30. The molecule has 0 aromatic rings. The predicted molar refractivity (Wildman–Crippen MR) is 49.8 cm³/mol. The molecule has 0 saturated carbocycles. The van der Waals surface area contributed by atoms with Crippen molar-refractivity contribution in [1.82, 2.24) is 0 Å². The normalized spacial score (nSPS) is 17.9. The lowest BCUT2D eigenvalue weighted by Gasteiger charge is -2.31. The summed E-state index contributed by atoms with van der Waals surface area (Å²) in [4.78, 5) is 0. The molecule has 2 atom stereocenters. The molecule has 70 valence electrons. The fourth-order valence-corrected chi connectivity index (χ4v) is 1.04. The zero-order chi connectivity index (χ0) is 9.61. The fraction of sp³-hybridized carbons (Fsp3) is 0.800. The summed E-state index contributed by atoms with van der Waals surface area (Å²) in [5.41, 5.74) is -0.448. The van der Waals surface area contributed by atoms with Crippen LogP contribution in [0.2, 0.25) is 0 Å². The van der Waals surface area contributed by atoms with Crippen molar-refractivity contribution in [3.63, 3.8) is 0 Å².